The van der Waals surface area contributed by atoms with Crippen LogP contribution in [0.4, 0.5) is 0 Å². The van der Waals surface area contributed by atoms with E-state index in [9.17, 15) is 0 Å². The van der Waals surface area contributed by atoms with Gasteiger partial charge >= 0.3 is 0 Å². The number of hydrogen-bond donors (Lipinski definition) is 1. The van der Waals surface area contributed by atoms with E-state index in [1.54, 1.807) is 0 Å². The van der Waals surface area contributed by atoms with E-state index in [1.165, 1.54) is 6.42 Å². The van der Waals surface area contributed by atoms with Crippen LogP contribution in [0.25, 0.3) is 0 Å². The normalized spacial score (nSPS) is 29.1. The molecule has 1 aromatic rings. The number of amidine groups is 1. The molecule has 2 rings (SSSR count). The van der Waals surface area contributed by atoms with Crippen molar-refractivity contribution < 1.29 is 0 Å². The molecular formula is C15H22N2. The molecule has 1 saturated heterocycles. The summed E-state index contributed by atoms with van der Waals surface area (Å²) in [7, 11) is 0. The Labute approximate surface area is 104 Å². The molecule has 3 atom stereocenters. The maximum absolute atomic E-state index is 8.36. The van der Waals surface area contributed by atoms with E-state index in [0.29, 0.717) is 23.7 Å². The Morgan fingerprint density at radius 1 is 1.18 bits per heavy atom. The highest BCUT2D eigenvalue weighted by Gasteiger charge is 2.30. The maximum atomic E-state index is 8.36. The van der Waals surface area contributed by atoms with Crippen LogP contribution in [-0.4, -0.2) is 23.3 Å². The molecule has 1 heterocycles. The van der Waals surface area contributed by atoms with Gasteiger partial charge in [0.2, 0.25) is 0 Å². The summed E-state index contributed by atoms with van der Waals surface area (Å²) in [5.74, 6) is 2.03. The SMILES string of the molecule is CC1CC(C)C(C)N(C(=N)c2ccccc2)C1. The van der Waals surface area contributed by atoms with Crippen molar-refractivity contribution in [1.82, 2.24) is 4.90 Å². The van der Waals surface area contributed by atoms with Crippen molar-refractivity contribution in [2.75, 3.05) is 6.54 Å². The third-order valence-electron chi connectivity index (χ3n) is 3.93. The minimum Gasteiger partial charge on any atom is -0.353 e. The van der Waals surface area contributed by atoms with Crippen LogP contribution in [0.5, 0.6) is 0 Å². The van der Waals surface area contributed by atoms with Gasteiger partial charge in [-0.1, -0.05) is 44.2 Å². The lowest BCUT2D eigenvalue weighted by Gasteiger charge is -2.42. The number of piperidine rings is 1. The van der Waals surface area contributed by atoms with E-state index in [4.69, 9.17) is 5.41 Å². The summed E-state index contributed by atoms with van der Waals surface area (Å²) in [5.41, 5.74) is 1.03. The highest BCUT2D eigenvalue weighted by molar-refractivity contribution is 5.96. The summed E-state index contributed by atoms with van der Waals surface area (Å²) in [4.78, 5) is 2.26. The number of rotatable bonds is 1. The quantitative estimate of drug-likeness (QED) is 0.581. The molecule has 17 heavy (non-hydrogen) atoms. The molecular weight excluding hydrogens is 208 g/mol. The highest BCUT2D eigenvalue weighted by Crippen LogP contribution is 2.27. The average molecular weight is 230 g/mol. The maximum Gasteiger partial charge on any atom is 0.128 e. The minimum atomic E-state index is 0.471. The topological polar surface area (TPSA) is 27.1 Å². The van der Waals surface area contributed by atoms with E-state index in [0.717, 1.165) is 12.1 Å². The van der Waals surface area contributed by atoms with Crippen LogP contribution in [0.15, 0.2) is 30.3 Å². The molecule has 2 nitrogen and oxygen atoms in total. The van der Waals surface area contributed by atoms with Crippen LogP contribution in [0, 0.1) is 17.2 Å². The molecule has 1 fully saturated rings. The van der Waals surface area contributed by atoms with Gasteiger partial charge in [0.1, 0.15) is 5.84 Å². The lowest BCUT2D eigenvalue weighted by Crippen LogP contribution is -2.48. The first-order valence-corrected chi connectivity index (χ1v) is 6.50. The zero-order valence-corrected chi connectivity index (χ0v) is 11.0. The van der Waals surface area contributed by atoms with Crippen LogP contribution in [-0.2, 0) is 0 Å². The largest absolute Gasteiger partial charge is 0.353 e. The first-order chi connectivity index (χ1) is 8.09. The van der Waals surface area contributed by atoms with E-state index < -0.39 is 0 Å². The minimum absolute atomic E-state index is 0.471. The Hall–Kier alpha value is -1.31. The zero-order chi connectivity index (χ0) is 12.4. The monoisotopic (exact) mass is 230 g/mol. The molecule has 0 aromatic heterocycles. The van der Waals surface area contributed by atoms with Crippen LogP contribution in [0.2, 0.25) is 0 Å². The second-order valence-electron chi connectivity index (χ2n) is 5.43. The van der Waals surface area contributed by atoms with Crippen molar-refractivity contribution in [3.05, 3.63) is 35.9 Å². The van der Waals surface area contributed by atoms with E-state index in [-0.39, 0.29) is 0 Å². The van der Waals surface area contributed by atoms with E-state index >= 15 is 0 Å². The second-order valence-corrected chi connectivity index (χ2v) is 5.43. The molecule has 3 unspecified atom stereocenters. The summed E-state index contributed by atoms with van der Waals surface area (Å²) < 4.78 is 0. The standard InChI is InChI=1S/C15H22N2/c1-11-9-12(2)13(3)17(10-11)15(16)14-7-5-4-6-8-14/h4-8,11-13,16H,9-10H2,1-3H3. The van der Waals surface area contributed by atoms with Crippen molar-refractivity contribution in [2.45, 2.75) is 33.2 Å². The Balaban J connectivity index is 2.18. The average Bonchev–Trinajstić information content (AvgIpc) is 2.34. The number of likely N-dealkylation sites (tertiary alicyclic amines) is 1. The second kappa shape index (κ2) is 4.91. The van der Waals surface area contributed by atoms with Crippen molar-refractivity contribution in [1.29, 1.82) is 5.41 Å². The van der Waals surface area contributed by atoms with Crippen molar-refractivity contribution >= 4 is 5.84 Å². The summed E-state index contributed by atoms with van der Waals surface area (Å²) in [5, 5.41) is 8.36. The van der Waals surface area contributed by atoms with E-state index in [1.807, 2.05) is 30.3 Å². The summed E-state index contributed by atoms with van der Waals surface area (Å²) >= 11 is 0. The van der Waals surface area contributed by atoms with Gasteiger partial charge in [-0.2, -0.15) is 0 Å². The summed E-state index contributed by atoms with van der Waals surface area (Å²) in [6.45, 7) is 7.84. The Morgan fingerprint density at radius 3 is 2.47 bits per heavy atom. The van der Waals surface area contributed by atoms with Gasteiger partial charge in [0.15, 0.2) is 0 Å². The van der Waals surface area contributed by atoms with Gasteiger partial charge in [-0.3, -0.25) is 5.41 Å². The van der Waals surface area contributed by atoms with Gasteiger partial charge in [-0.25, -0.2) is 0 Å². The molecule has 0 bridgehead atoms. The highest BCUT2D eigenvalue weighted by atomic mass is 15.2. The smallest absolute Gasteiger partial charge is 0.128 e. The Kier molecular flexibility index (Phi) is 3.51. The van der Waals surface area contributed by atoms with Crippen molar-refractivity contribution in [3.8, 4) is 0 Å². The number of nitrogens with one attached hydrogen (secondary N) is 1. The van der Waals surface area contributed by atoms with Gasteiger partial charge in [0, 0.05) is 18.2 Å². The molecule has 1 aliphatic rings. The fourth-order valence-corrected chi connectivity index (χ4v) is 2.77. The third-order valence-corrected chi connectivity index (χ3v) is 3.93. The first-order valence-electron chi connectivity index (χ1n) is 6.50. The molecule has 1 aliphatic heterocycles. The van der Waals surface area contributed by atoms with Crippen LogP contribution < -0.4 is 0 Å². The van der Waals surface area contributed by atoms with Gasteiger partial charge < -0.3 is 4.90 Å². The molecule has 0 amide bonds. The molecule has 1 N–H and O–H groups in total. The lowest BCUT2D eigenvalue weighted by molar-refractivity contribution is 0.146. The molecule has 1 aromatic carbocycles. The molecule has 0 saturated carbocycles. The number of benzene rings is 1. The fraction of sp³-hybridized carbons (Fsp3) is 0.533. The predicted octanol–water partition coefficient (Wildman–Crippen LogP) is 3.38. The molecule has 92 valence electrons. The van der Waals surface area contributed by atoms with Crippen molar-refractivity contribution in [3.63, 3.8) is 0 Å². The predicted molar refractivity (Wildman–Crippen MR) is 72.4 cm³/mol. The Bertz CT molecular complexity index is 385. The molecule has 2 heteroatoms. The lowest BCUT2D eigenvalue weighted by atomic mass is 9.85. The van der Waals surface area contributed by atoms with Gasteiger partial charge in [-0.15, -0.1) is 0 Å². The molecule has 0 aliphatic carbocycles. The fourth-order valence-electron chi connectivity index (χ4n) is 2.77. The Morgan fingerprint density at radius 2 is 1.82 bits per heavy atom. The van der Waals surface area contributed by atoms with Crippen LogP contribution in [0.3, 0.4) is 0 Å². The van der Waals surface area contributed by atoms with Crippen molar-refractivity contribution in [2.24, 2.45) is 11.8 Å². The number of nitrogens with zero attached hydrogens (tertiary/aromatic N) is 1. The third kappa shape index (κ3) is 2.51. The molecule has 0 radical (unpaired) electrons. The van der Waals surface area contributed by atoms with E-state index in [2.05, 4.69) is 25.7 Å². The first kappa shape index (κ1) is 12.2. The number of hydrogen-bond acceptors (Lipinski definition) is 1. The van der Waals surface area contributed by atoms with Gasteiger partial charge in [-0.05, 0) is 25.2 Å². The van der Waals surface area contributed by atoms with Gasteiger partial charge in [0.05, 0.1) is 0 Å². The molecule has 0 spiro atoms. The van der Waals surface area contributed by atoms with Gasteiger partial charge in [0.25, 0.3) is 0 Å². The summed E-state index contributed by atoms with van der Waals surface area (Å²) in [6.07, 6.45) is 1.28. The van der Waals surface area contributed by atoms with Crippen LogP contribution >= 0.6 is 0 Å². The summed E-state index contributed by atoms with van der Waals surface area (Å²) in [6, 6.07) is 10.5. The zero-order valence-electron chi connectivity index (χ0n) is 11.0. The van der Waals surface area contributed by atoms with Crippen LogP contribution in [0.1, 0.15) is 32.8 Å².